The van der Waals surface area contributed by atoms with E-state index in [1.807, 2.05) is 11.8 Å². The highest BCUT2D eigenvalue weighted by Crippen LogP contribution is 2.39. The van der Waals surface area contributed by atoms with Gasteiger partial charge in [-0.1, -0.05) is 81.4 Å². The molecule has 1 heterocycles. The highest BCUT2D eigenvalue weighted by molar-refractivity contribution is 8.01. The second kappa shape index (κ2) is 7.66. The zero-order valence-corrected chi connectivity index (χ0v) is 17.1. The Bertz CT molecular complexity index is 628. The molecule has 2 aromatic carbocycles. The van der Waals surface area contributed by atoms with Gasteiger partial charge in [-0.25, -0.2) is 0 Å². The molecule has 0 spiro atoms. The van der Waals surface area contributed by atoms with Crippen molar-refractivity contribution in [2.24, 2.45) is 5.92 Å². The highest BCUT2D eigenvalue weighted by Gasteiger charge is 2.51. The molecule has 1 N–H and O–H groups in total. The van der Waals surface area contributed by atoms with Crippen LogP contribution in [0.5, 0.6) is 0 Å². The first-order valence-corrected chi connectivity index (χ1v) is 11.9. The zero-order valence-electron chi connectivity index (χ0n) is 15.3. The summed E-state index contributed by atoms with van der Waals surface area (Å²) in [6.45, 7) is 7.88. The Morgan fingerprint density at radius 1 is 1.00 bits per heavy atom. The number of hydrogen-bond acceptors (Lipinski definition) is 3. The maximum Gasteiger partial charge on any atom is 0.261 e. The van der Waals surface area contributed by atoms with Gasteiger partial charge in [-0.2, -0.15) is 11.8 Å². The largest absolute Gasteiger partial charge is 0.406 e. The molecule has 0 bridgehead atoms. The average molecular weight is 373 g/mol. The van der Waals surface area contributed by atoms with Gasteiger partial charge in [-0.15, -0.1) is 0 Å². The summed E-state index contributed by atoms with van der Waals surface area (Å²) in [5.74, 6) is 1.42. The molecule has 134 valence electrons. The van der Waals surface area contributed by atoms with Crippen molar-refractivity contribution < 1.29 is 9.53 Å². The fourth-order valence-electron chi connectivity index (χ4n) is 3.69. The molecule has 1 saturated heterocycles. The molecule has 25 heavy (non-hydrogen) atoms. The van der Waals surface area contributed by atoms with Crippen molar-refractivity contribution in [2.75, 3.05) is 19.0 Å². The quantitative estimate of drug-likeness (QED) is 0.789. The van der Waals surface area contributed by atoms with E-state index < -0.39 is 8.32 Å². The molecule has 0 saturated carbocycles. The van der Waals surface area contributed by atoms with Crippen LogP contribution >= 0.6 is 11.8 Å². The van der Waals surface area contributed by atoms with E-state index in [0.717, 1.165) is 5.75 Å². The minimum atomic E-state index is -2.43. The summed E-state index contributed by atoms with van der Waals surface area (Å²) in [6, 6.07) is 21.5. The van der Waals surface area contributed by atoms with E-state index in [-0.39, 0.29) is 11.6 Å². The van der Waals surface area contributed by atoms with Crippen molar-refractivity contribution in [1.82, 2.24) is 0 Å². The van der Waals surface area contributed by atoms with Crippen LogP contribution in [0.3, 0.4) is 0 Å². The minimum absolute atomic E-state index is 0.0127. The average Bonchev–Trinajstić information content (AvgIpc) is 2.58. The number of hydrogen-bond donors (Lipinski definition) is 1. The molecule has 4 heteroatoms. The monoisotopic (exact) mass is 372 g/mol. The molecular weight excluding hydrogens is 344 g/mol. The van der Waals surface area contributed by atoms with Gasteiger partial charge in [0.05, 0.1) is 0 Å². The van der Waals surface area contributed by atoms with Crippen LogP contribution in [0.4, 0.5) is 0 Å². The molecule has 2 atom stereocenters. The molecule has 2 nitrogen and oxygen atoms in total. The fraction of sp³-hybridized carbons (Fsp3) is 0.429. The van der Waals surface area contributed by atoms with E-state index >= 15 is 0 Å². The molecule has 0 radical (unpaired) electrons. The maximum absolute atomic E-state index is 9.52. The molecule has 1 aliphatic rings. The first-order chi connectivity index (χ1) is 12.0. The second-order valence-electron chi connectivity index (χ2n) is 7.79. The predicted molar refractivity (Wildman–Crippen MR) is 110 cm³/mol. The van der Waals surface area contributed by atoms with Gasteiger partial charge in [-0.3, -0.25) is 0 Å². The lowest BCUT2D eigenvalue weighted by molar-refractivity contribution is 0.196. The molecule has 1 aliphatic heterocycles. The normalized spacial score (nSPS) is 21.0. The summed E-state index contributed by atoms with van der Waals surface area (Å²) >= 11 is 1.92. The third-order valence-corrected chi connectivity index (χ3v) is 11.7. The molecule has 0 unspecified atom stereocenters. The van der Waals surface area contributed by atoms with Crippen molar-refractivity contribution >= 4 is 30.5 Å². The number of rotatable bonds is 6. The minimum Gasteiger partial charge on any atom is -0.406 e. The Morgan fingerprint density at radius 2 is 1.52 bits per heavy atom. The summed E-state index contributed by atoms with van der Waals surface area (Å²) in [7, 11) is -2.43. The van der Waals surface area contributed by atoms with Crippen molar-refractivity contribution in [1.29, 1.82) is 0 Å². The zero-order chi connectivity index (χ0) is 17.9. The lowest BCUT2D eigenvalue weighted by atomic mass is 10.1. The van der Waals surface area contributed by atoms with Crippen LogP contribution in [0.25, 0.3) is 0 Å². The predicted octanol–water partition coefficient (Wildman–Crippen LogP) is 3.29. The lowest BCUT2D eigenvalue weighted by Gasteiger charge is -2.45. The standard InChI is InChI=1S/C21H28O2SSi/c1-21(2,3)25(18-10-6-4-7-11-18,19-12-8-5-9-13-19)23-15-20-17(14-22)16-24-20/h4-13,17,20,22H,14-16H2,1-3H3/t17-,20-/m0/s1. The lowest BCUT2D eigenvalue weighted by Crippen LogP contribution is -2.67. The Labute approximate surface area is 156 Å². The number of thioether (sulfide) groups is 1. The summed E-state index contributed by atoms with van der Waals surface area (Å²) in [5, 5.41) is 12.6. The fourth-order valence-corrected chi connectivity index (χ4v) is 9.49. The van der Waals surface area contributed by atoms with E-state index in [1.54, 1.807) is 0 Å². The van der Waals surface area contributed by atoms with Gasteiger partial charge in [0, 0.05) is 24.4 Å². The van der Waals surface area contributed by atoms with Crippen molar-refractivity contribution in [3.63, 3.8) is 0 Å². The van der Waals surface area contributed by atoms with Gasteiger partial charge < -0.3 is 9.53 Å². The van der Waals surface area contributed by atoms with E-state index in [2.05, 4.69) is 81.4 Å². The van der Waals surface area contributed by atoms with E-state index in [1.165, 1.54) is 10.4 Å². The molecule has 0 aromatic heterocycles. The van der Waals surface area contributed by atoms with Gasteiger partial charge in [-0.05, 0) is 21.2 Å². The number of benzene rings is 2. The topological polar surface area (TPSA) is 29.5 Å². The van der Waals surface area contributed by atoms with Gasteiger partial charge in [0.1, 0.15) is 0 Å². The van der Waals surface area contributed by atoms with Crippen molar-refractivity contribution in [2.45, 2.75) is 31.1 Å². The summed E-state index contributed by atoms with van der Waals surface area (Å²) in [5.41, 5.74) is 0. The van der Waals surface area contributed by atoms with Crippen LogP contribution < -0.4 is 10.4 Å². The highest BCUT2D eigenvalue weighted by atomic mass is 32.2. The molecule has 2 aromatic rings. The van der Waals surface area contributed by atoms with E-state index in [4.69, 9.17) is 4.43 Å². The first kappa shape index (κ1) is 18.7. The van der Waals surface area contributed by atoms with Crippen LogP contribution in [-0.4, -0.2) is 37.6 Å². The van der Waals surface area contributed by atoms with Gasteiger partial charge in [0.15, 0.2) is 0 Å². The summed E-state index contributed by atoms with van der Waals surface area (Å²) in [4.78, 5) is 0. The van der Waals surface area contributed by atoms with E-state index in [9.17, 15) is 5.11 Å². The van der Waals surface area contributed by atoms with Crippen LogP contribution in [0.2, 0.25) is 5.04 Å². The van der Waals surface area contributed by atoms with Gasteiger partial charge >= 0.3 is 0 Å². The van der Waals surface area contributed by atoms with Crippen LogP contribution in [0.15, 0.2) is 60.7 Å². The Kier molecular flexibility index (Phi) is 5.74. The number of aliphatic hydroxyl groups is 1. The molecule has 0 aliphatic carbocycles. The second-order valence-corrected chi connectivity index (χ2v) is 13.4. The van der Waals surface area contributed by atoms with Gasteiger partial charge in [0.2, 0.25) is 0 Å². The third kappa shape index (κ3) is 3.58. The van der Waals surface area contributed by atoms with E-state index in [0.29, 0.717) is 17.8 Å². The van der Waals surface area contributed by atoms with Gasteiger partial charge in [0.25, 0.3) is 8.32 Å². The molecular formula is C21H28O2SSi. The molecule has 0 amide bonds. The molecule has 1 fully saturated rings. The summed E-state index contributed by atoms with van der Waals surface area (Å²) in [6.07, 6.45) is 0. The summed E-state index contributed by atoms with van der Waals surface area (Å²) < 4.78 is 6.91. The Hall–Kier alpha value is -1.07. The maximum atomic E-state index is 9.52. The van der Waals surface area contributed by atoms with Crippen molar-refractivity contribution in [3.8, 4) is 0 Å². The van der Waals surface area contributed by atoms with Crippen LogP contribution in [0.1, 0.15) is 20.8 Å². The van der Waals surface area contributed by atoms with Crippen LogP contribution in [-0.2, 0) is 4.43 Å². The van der Waals surface area contributed by atoms with Crippen molar-refractivity contribution in [3.05, 3.63) is 60.7 Å². The van der Waals surface area contributed by atoms with Crippen LogP contribution in [0, 0.1) is 5.92 Å². The third-order valence-electron chi connectivity index (χ3n) is 5.17. The SMILES string of the molecule is CC(C)(C)[Si](OC[C@@H]1SC[C@@H]1CO)(c1ccccc1)c1ccccc1. The Balaban J connectivity index is 2.03. The number of aliphatic hydroxyl groups excluding tert-OH is 1. The first-order valence-electron chi connectivity index (χ1n) is 8.96. The smallest absolute Gasteiger partial charge is 0.261 e. The molecule has 3 rings (SSSR count). The Morgan fingerprint density at radius 3 is 1.88 bits per heavy atom.